The van der Waals surface area contributed by atoms with Crippen LogP contribution in [0.25, 0.3) is 0 Å². The number of likely N-dealkylation sites (tertiary alicyclic amines) is 1. The molecule has 0 aliphatic carbocycles. The second-order valence-electron chi connectivity index (χ2n) is 6.33. The molecule has 2 heterocycles. The molecule has 1 N–H and O–H groups in total. The molecule has 3 rings (SSSR count). The first-order chi connectivity index (χ1) is 10.2. The van der Waals surface area contributed by atoms with Gasteiger partial charge in [-0.25, -0.2) is 0 Å². The zero-order valence-corrected chi connectivity index (χ0v) is 13.5. The number of ether oxygens (including phenoxy) is 1. The minimum atomic E-state index is 0.614. The summed E-state index contributed by atoms with van der Waals surface area (Å²) >= 11 is 0. The lowest BCUT2D eigenvalue weighted by Gasteiger charge is -2.38. The van der Waals surface area contributed by atoms with Crippen LogP contribution in [0.1, 0.15) is 24.0 Å². The summed E-state index contributed by atoms with van der Waals surface area (Å²) in [6, 6.07) is 5.00. The topological polar surface area (TPSA) is 27.7 Å². The number of nitrogens with zero attached hydrogens (tertiary/aromatic N) is 2. The molecule has 0 atom stereocenters. The number of methoxy groups -OCH3 is 1. The molecular formula is C17H27N3O. The minimum absolute atomic E-state index is 0.614. The molecule has 21 heavy (non-hydrogen) atoms. The summed E-state index contributed by atoms with van der Waals surface area (Å²) in [5, 5.41) is 3.51. The summed E-state index contributed by atoms with van der Waals surface area (Å²) in [6.45, 7) is 4.41. The standard InChI is InChI=1S/C17H27N3O/c1-19-10-7-14(8-11-19)20(2)17-15-12-18-9-6-13(15)4-5-16(17)21-3/h4-5,14,18H,6-12H2,1-3H3. The van der Waals surface area contributed by atoms with Crippen molar-refractivity contribution in [3.8, 4) is 5.75 Å². The second kappa shape index (κ2) is 6.24. The van der Waals surface area contributed by atoms with E-state index in [2.05, 4.69) is 41.3 Å². The van der Waals surface area contributed by atoms with E-state index >= 15 is 0 Å². The van der Waals surface area contributed by atoms with Crippen LogP contribution >= 0.6 is 0 Å². The fraction of sp³-hybridized carbons (Fsp3) is 0.647. The van der Waals surface area contributed by atoms with Gasteiger partial charge in [0, 0.05) is 19.6 Å². The lowest BCUT2D eigenvalue weighted by atomic mass is 9.96. The van der Waals surface area contributed by atoms with Crippen molar-refractivity contribution >= 4 is 5.69 Å². The van der Waals surface area contributed by atoms with Crippen LogP contribution in [-0.2, 0) is 13.0 Å². The number of piperidine rings is 1. The summed E-state index contributed by atoms with van der Waals surface area (Å²) in [4.78, 5) is 4.89. The molecule has 0 bridgehead atoms. The minimum Gasteiger partial charge on any atom is -0.495 e. The molecule has 0 amide bonds. The van der Waals surface area contributed by atoms with Gasteiger partial charge in [-0.3, -0.25) is 0 Å². The van der Waals surface area contributed by atoms with E-state index in [1.54, 1.807) is 7.11 Å². The molecule has 0 radical (unpaired) electrons. The van der Waals surface area contributed by atoms with E-state index in [1.165, 1.54) is 42.7 Å². The molecule has 4 heteroatoms. The Kier molecular flexibility index (Phi) is 4.36. The van der Waals surface area contributed by atoms with Gasteiger partial charge >= 0.3 is 0 Å². The SMILES string of the molecule is COc1ccc2c(c1N(C)C1CCN(C)CC1)CNCC2. The Bertz CT molecular complexity index is 495. The van der Waals surface area contributed by atoms with E-state index in [-0.39, 0.29) is 0 Å². The Labute approximate surface area is 128 Å². The molecule has 1 saturated heterocycles. The van der Waals surface area contributed by atoms with Crippen LogP contribution in [0, 0.1) is 0 Å². The summed E-state index contributed by atoms with van der Waals surface area (Å²) < 4.78 is 5.66. The van der Waals surface area contributed by atoms with Crippen molar-refractivity contribution in [2.24, 2.45) is 0 Å². The largest absolute Gasteiger partial charge is 0.495 e. The van der Waals surface area contributed by atoms with E-state index in [1.807, 2.05) is 0 Å². The van der Waals surface area contributed by atoms with E-state index in [9.17, 15) is 0 Å². The van der Waals surface area contributed by atoms with Gasteiger partial charge in [0.25, 0.3) is 0 Å². The van der Waals surface area contributed by atoms with E-state index in [0.717, 1.165) is 25.3 Å². The van der Waals surface area contributed by atoms with Crippen LogP contribution in [-0.4, -0.2) is 51.8 Å². The maximum atomic E-state index is 5.66. The Balaban J connectivity index is 1.92. The van der Waals surface area contributed by atoms with Crippen molar-refractivity contribution in [2.45, 2.75) is 31.8 Å². The van der Waals surface area contributed by atoms with Crippen LogP contribution in [0.4, 0.5) is 5.69 Å². The third kappa shape index (κ3) is 2.87. The predicted octanol–water partition coefficient (Wildman–Crippen LogP) is 1.87. The Hall–Kier alpha value is -1.26. The van der Waals surface area contributed by atoms with Gasteiger partial charge < -0.3 is 19.9 Å². The van der Waals surface area contributed by atoms with Gasteiger partial charge in [0.05, 0.1) is 12.8 Å². The third-order valence-corrected chi connectivity index (χ3v) is 5.02. The third-order valence-electron chi connectivity index (χ3n) is 5.02. The van der Waals surface area contributed by atoms with Gasteiger partial charge in [0.1, 0.15) is 5.75 Å². The molecule has 1 aromatic carbocycles. The zero-order valence-electron chi connectivity index (χ0n) is 13.5. The molecule has 1 fully saturated rings. The Morgan fingerprint density at radius 3 is 2.76 bits per heavy atom. The predicted molar refractivity (Wildman–Crippen MR) is 87.3 cm³/mol. The van der Waals surface area contributed by atoms with E-state index in [4.69, 9.17) is 4.74 Å². The second-order valence-corrected chi connectivity index (χ2v) is 6.33. The first kappa shape index (κ1) is 14.7. The summed E-state index contributed by atoms with van der Waals surface area (Å²) in [7, 11) is 6.23. The van der Waals surface area contributed by atoms with Gasteiger partial charge in [0.2, 0.25) is 0 Å². The average Bonchev–Trinajstić information content (AvgIpc) is 2.53. The highest BCUT2D eigenvalue weighted by molar-refractivity contribution is 5.67. The number of rotatable bonds is 3. The molecule has 116 valence electrons. The van der Waals surface area contributed by atoms with Gasteiger partial charge in [0.15, 0.2) is 0 Å². The monoisotopic (exact) mass is 289 g/mol. The fourth-order valence-electron chi connectivity index (χ4n) is 3.64. The van der Waals surface area contributed by atoms with Crippen molar-refractivity contribution in [3.63, 3.8) is 0 Å². The van der Waals surface area contributed by atoms with Gasteiger partial charge in [-0.2, -0.15) is 0 Å². The first-order valence-electron chi connectivity index (χ1n) is 8.01. The summed E-state index contributed by atoms with van der Waals surface area (Å²) in [6.07, 6.45) is 3.58. The number of anilines is 1. The molecule has 0 aromatic heterocycles. The number of fused-ring (bicyclic) bond motifs is 1. The fourth-order valence-corrected chi connectivity index (χ4v) is 3.64. The number of nitrogens with one attached hydrogen (secondary N) is 1. The molecule has 2 aliphatic heterocycles. The number of benzene rings is 1. The lowest BCUT2D eigenvalue weighted by molar-refractivity contribution is 0.252. The molecule has 4 nitrogen and oxygen atoms in total. The van der Waals surface area contributed by atoms with Gasteiger partial charge in [-0.05, 0) is 63.1 Å². The molecule has 0 unspecified atom stereocenters. The zero-order chi connectivity index (χ0) is 14.8. The molecular weight excluding hydrogens is 262 g/mol. The average molecular weight is 289 g/mol. The normalized spacial score (nSPS) is 20.1. The maximum absolute atomic E-state index is 5.66. The van der Waals surface area contributed by atoms with Crippen molar-refractivity contribution in [1.82, 2.24) is 10.2 Å². The van der Waals surface area contributed by atoms with Crippen molar-refractivity contribution in [2.75, 3.05) is 45.7 Å². The highest BCUT2D eigenvalue weighted by Crippen LogP contribution is 2.37. The smallest absolute Gasteiger partial charge is 0.142 e. The number of hydrogen-bond donors (Lipinski definition) is 1. The molecule has 2 aliphatic rings. The highest BCUT2D eigenvalue weighted by Gasteiger charge is 2.26. The Morgan fingerprint density at radius 1 is 1.29 bits per heavy atom. The van der Waals surface area contributed by atoms with Crippen molar-refractivity contribution in [3.05, 3.63) is 23.3 Å². The van der Waals surface area contributed by atoms with Gasteiger partial charge in [-0.15, -0.1) is 0 Å². The van der Waals surface area contributed by atoms with Crippen LogP contribution in [0.2, 0.25) is 0 Å². The summed E-state index contributed by atoms with van der Waals surface area (Å²) in [5.41, 5.74) is 4.21. The first-order valence-corrected chi connectivity index (χ1v) is 8.01. The van der Waals surface area contributed by atoms with Crippen LogP contribution in [0.5, 0.6) is 5.75 Å². The van der Waals surface area contributed by atoms with E-state index < -0.39 is 0 Å². The van der Waals surface area contributed by atoms with Crippen LogP contribution in [0.3, 0.4) is 0 Å². The van der Waals surface area contributed by atoms with Gasteiger partial charge in [-0.1, -0.05) is 6.07 Å². The summed E-state index contributed by atoms with van der Waals surface area (Å²) in [5.74, 6) is 1.01. The molecule has 1 aromatic rings. The quantitative estimate of drug-likeness (QED) is 0.919. The highest BCUT2D eigenvalue weighted by atomic mass is 16.5. The maximum Gasteiger partial charge on any atom is 0.142 e. The van der Waals surface area contributed by atoms with Crippen LogP contribution in [0.15, 0.2) is 12.1 Å². The number of hydrogen-bond acceptors (Lipinski definition) is 4. The molecule has 0 saturated carbocycles. The van der Waals surface area contributed by atoms with E-state index in [0.29, 0.717) is 6.04 Å². The Morgan fingerprint density at radius 2 is 2.05 bits per heavy atom. The lowest BCUT2D eigenvalue weighted by Crippen LogP contribution is -2.42. The van der Waals surface area contributed by atoms with Crippen molar-refractivity contribution < 1.29 is 4.74 Å². The van der Waals surface area contributed by atoms with Crippen molar-refractivity contribution in [1.29, 1.82) is 0 Å². The molecule has 0 spiro atoms. The van der Waals surface area contributed by atoms with Crippen LogP contribution < -0.4 is 15.0 Å².